The van der Waals surface area contributed by atoms with Gasteiger partial charge in [0.25, 0.3) is 5.24 Å². The number of aliphatic hydroxyl groups is 1. The molecule has 7 heteroatoms. The minimum absolute atomic E-state index is 0.107. The molecule has 0 spiro atoms. The van der Waals surface area contributed by atoms with Crippen LogP contribution in [0.2, 0.25) is 0 Å². The molecule has 2 aromatic rings. The first-order valence-electron chi connectivity index (χ1n) is 8.62. The van der Waals surface area contributed by atoms with Gasteiger partial charge in [0, 0.05) is 6.42 Å². The number of nitrogens with zero attached hydrogens (tertiary/aromatic N) is 1. The van der Waals surface area contributed by atoms with Crippen molar-refractivity contribution < 1.29 is 19.5 Å². The summed E-state index contributed by atoms with van der Waals surface area (Å²) in [6.45, 7) is -0.207. The van der Waals surface area contributed by atoms with Gasteiger partial charge >= 0.3 is 0 Å². The lowest BCUT2D eigenvalue weighted by molar-refractivity contribution is -0.125. The second-order valence-corrected chi connectivity index (χ2v) is 7.38. The first-order valence-corrected chi connectivity index (χ1v) is 9.50. The van der Waals surface area contributed by atoms with Gasteiger partial charge in [-0.2, -0.15) is 0 Å². The minimum Gasteiger partial charge on any atom is -0.394 e. The van der Waals surface area contributed by atoms with E-state index in [-0.39, 0.29) is 24.2 Å². The lowest BCUT2D eigenvalue weighted by Crippen LogP contribution is -2.41. The summed E-state index contributed by atoms with van der Waals surface area (Å²) in [7, 11) is 0. The Labute approximate surface area is 161 Å². The normalized spacial score (nSPS) is 17.8. The summed E-state index contributed by atoms with van der Waals surface area (Å²) in [5.74, 6) is -0.756. The Morgan fingerprint density at radius 2 is 1.70 bits per heavy atom. The van der Waals surface area contributed by atoms with E-state index in [0.29, 0.717) is 12.1 Å². The summed E-state index contributed by atoms with van der Waals surface area (Å²) in [6.07, 6.45) is 0.383. The van der Waals surface area contributed by atoms with E-state index in [0.717, 1.165) is 22.2 Å². The Morgan fingerprint density at radius 1 is 1.07 bits per heavy atom. The molecule has 0 unspecified atom stereocenters. The van der Waals surface area contributed by atoms with Crippen LogP contribution in [-0.4, -0.2) is 40.1 Å². The van der Waals surface area contributed by atoms with Crippen molar-refractivity contribution in [1.29, 1.82) is 0 Å². The molecule has 6 nitrogen and oxygen atoms in total. The topological polar surface area (TPSA) is 86.7 Å². The van der Waals surface area contributed by atoms with Gasteiger partial charge in [0.1, 0.15) is 5.25 Å². The number of hydrogen-bond acceptors (Lipinski definition) is 5. The van der Waals surface area contributed by atoms with Crippen LogP contribution in [0.25, 0.3) is 0 Å². The van der Waals surface area contributed by atoms with Crippen LogP contribution in [-0.2, 0) is 16.0 Å². The minimum atomic E-state index is -0.756. The lowest BCUT2D eigenvalue weighted by Gasteiger charge is -2.17. The highest BCUT2D eigenvalue weighted by Crippen LogP contribution is 2.33. The zero-order chi connectivity index (χ0) is 19.2. The largest absolute Gasteiger partial charge is 0.394 e. The molecule has 0 aromatic heterocycles. The summed E-state index contributed by atoms with van der Waals surface area (Å²) in [4.78, 5) is 38.2. The maximum atomic E-state index is 12.6. The standard InChI is InChI=1S/C20H20N2O4S/c23-13-15(11-14-7-3-1-4-8-14)21-18(24)12-17-19(25)22(20(26)27-17)16-9-5-2-6-10-16/h1-10,15,17,23H,11-13H2,(H,21,24)/t15-,17-/m0/s1. The van der Waals surface area contributed by atoms with Gasteiger partial charge in [-0.05, 0) is 35.9 Å². The van der Waals surface area contributed by atoms with E-state index in [1.54, 1.807) is 30.3 Å². The zero-order valence-electron chi connectivity index (χ0n) is 14.6. The number of anilines is 1. The van der Waals surface area contributed by atoms with Crippen molar-refractivity contribution >= 4 is 34.5 Å². The molecule has 3 rings (SSSR count). The third-order valence-electron chi connectivity index (χ3n) is 4.22. The van der Waals surface area contributed by atoms with Crippen LogP contribution in [0.4, 0.5) is 10.5 Å². The van der Waals surface area contributed by atoms with Crippen LogP contribution < -0.4 is 10.2 Å². The molecule has 1 fully saturated rings. The average Bonchev–Trinajstić information content (AvgIpc) is 2.95. The number of carbonyl (C=O) groups excluding carboxylic acids is 3. The van der Waals surface area contributed by atoms with Crippen molar-refractivity contribution in [3.63, 3.8) is 0 Å². The second-order valence-electron chi connectivity index (χ2n) is 6.22. The highest BCUT2D eigenvalue weighted by Gasteiger charge is 2.41. The van der Waals surface area contributed by atoms with Crippen molar-refractivity contribution in [1.82, 2.24) is 5.32 Å². The molecule has 0 saturated carbocycles. The predicted molar refractivity (Wildman–Crippen MR) is 104 cm³/mol. The Bertz CT molecular complexity index is 813. The summed E-state index contributed by atoms with van der Waals surface area (Å²) >= 11 is 0.858. The van der Waals surface area contributed by atoms with Crippen molar-refractivity contribution in [2.24, 2.45) is 0 Å². The number of carbonyl (C=O) groups is 3. The summed E-state index contributed by atoms with van der Waals surface area (Å²) in [5.41, 5.74) is 1.49. The molecule has 27 heavy (non-hydrogen) atoms. The second kappa shape index (κ2) is 8.83. The first-order chi connectivity index (χ1) is 13.1. The number of thioether (sulfide) groups is 1. The van der Waals surface area contributed by atoms with Crippen LogP contribution >= 0.6 is 11.8 Å². The third-order valence-corrected chi connectivity index (χ3v) is 5.25. The average molecular weight is 384 g/mol. The maximum absolute atomic E-state index is 12.6. The van der Waals surface area contributed by atoms with Gasteiger partial charge in [-0.15, -0.1) is 0 Å². The molecule has 0 aliphatic carbocycles. The number of amides is 3. The molecule has 3 amide bonds. The van der Waals surface area contributed by atoms with E-state index in [9.17, 15) is 19.5 Å². The van der Waals surface area contributed by atoms with E-state index in [4.69, 9.17) is 0 Å². The summed E-state index contributed by atoms with van der Waals surface area (Å²) in [5, 5.41) is 11.1. The molecular formula is C20H20N2O4S. The highest BCUT2D eigenvalue weighted by atomic mass is 32.2. The van der Waals surface area contributed by atoms with Gasteiger partial charge < -0.3 is 10.4 Å². The first kappa shape index (κ1) is 19.1. The highest BCUT2D eigenvalue weighted by molar-refractivity contribution is 8.15. The molecule has 1 heterocycles. The van der Waals surface area contributed by atoms with Gasteiger partial charge in [0.05, 0.1) is 18.3 Å². The quantitative estimate of drug-likeness (QED) is 0.765. The number of rotatable bonds is 7. The number of aliphatic hydroxyl groups excluding tert-OH is 1. The molecule has 0 bridgehead atoms. The molecule has 0 radical (unpaired) electrons. The van der Waals surface area contributed by atoms with Crippen molar-refractivity contribution in [2.45, 2.75) is 24.1 Å². The maximum Gasteiger partial charge on any atom is 0.293 e. The third kappa shape index (κ3) is 4.75. The number of benzene rings is 2. The SMILES string of the molecule is O=C(C[C@@H]1SC(=O)N(c2ccccc2)C1=O)N[C@H](CO)Cc1ccccc1. The molecule has 1 aliphatic heterocycles. The van der Waals surface area contributed by atoms with Gasteiger partial charge in [0.15, 0.2) is 0 Å². The number of imide groups is 1. The van der Waals surface area contributed by atoms with Crippen molar-refractivity contribution in [3.05, 3.63) is 66.2 Å². The summed E-state index contributed by atoms with van der Waals surface area (Å²) in [6, 6.07) is 17.7. The van der Waals surface area contributed by atoms with Gasteiger partial charge in [0.2, 0.25) is 11.8 Å². The van der Waals surface area contributed by atoms with E-state index in [1.807, 2.05) is 30.3 Å². The van der Waals surface area contributed by atoms with Crippen LogP contribution in [0.1, 0.15) is 12.0 Å². The predicted octanol–water partition coefficient (Wildman–Crippen LogP) is 2.36. The van der Waals surface area contributed by atoms with Crippen molar-refractivity contribution in [2.75, 3.05) is 11.5 Å². The summed E-state index contributed by atoms with van der Waals surface area (Å²) < 4.78 is 0. The fraction of sp³-hybridized carbons (Fsp3) is 0.250. The van der Waals surface area contributed by atoms with Crippen LogP contribution in [0.15, 0.2) is 60.7 Å². The van der Waals surface area contributed by atoms with Gasteiger partial charge in [-0.3, -0.25) is 14.4 Å². The number of nitrogens with one attached hydrogen (secondary N) is 1. The molecule has 140 valence electrons. The van der Waals surface area contributed by atoms with Crippen LogP contribution in [0, 0.1) is 0 Å². The zero-order valence-corrected chi connectivity index (χ0v) is 15.4. The molecular weight excluding hydrogens is 364 g/mol. The Kier molecular flexibility index (Phi) is 6.26. The molecule has 1 aliphatic rings. The van der Waals surface area contributed by atoms with Crippen molar-refractivity contribution in [3.8, 4) is 0 Å². The lowest BCUT2D eigenvalue weighted by atomic mass is 10.1. The Morgan fingerprint density at radius 3 is 2.33 bits per heavy atom. The number of para-hydroxylation sites is 1. The molecule has 2 aromatic carbocycles. The Hall–Kier alpha value is -2.64. The molecule has 1 saturated heterocycles. The fourth-order valence-corrected chi connectivity index (χ4v) is 3.90. The Balaban J connectivity index is 1.59. The number of hydrogen-bond donors (Lipinski definition) is 2. The van der Waals surface area contributed by atoms with Crippen LogP contribution in [0.3, 0.4) is 0 Å². The monoisotopic (exact) mass is 384 g/mol. The van der Waals surface area contributed by atoms with Gasteiger partial charge in [-0.1, -0.05) is 48.5 Å². The molecule has 2 N–H and O–H groups in total. The van der Waals surface area contributed by atoms with E-state index in [2.05, 4.69) is 5.32 Å². The van der Waals surface area contributed by atoms with Gasteiger partial charge in [-0.25, -0.2) is 4.90 Å². The van der Waals surface area contributed by atoms with Crippen LogP contribution in [0.5, 0.6) is 0 Å². The van der Waals surface area contributed by atoms with E-state index < -0.39 is 17.2 Å². The van der Waals surface area contributed by atoms with E-state index in [1.165, 1.54) is 0 Å². The smallest absolute Gasteiger partial charge is 0.293 e. The molecule has 2 atom stereocenters. The fourth-order valence-electron chi connectivity index (χ4n) is 2.91. The van der Waals surface area contributed by atoms with E-state index >= 15 is 0 Å².